The molecule has 210 valence electrons. The van der Waals surface area contributed by atoms with Gasteiger partial charge in [0.1, 0.15) is 24.1 Å². The fraction of sp³-hybridized carbons (Fsp3) is 0.429. The first-order valence-electron chi connectivity index (χ1n) is 12.9. The van der Waals surface area contributed by atoms with E-state index in [9.17, 15) is 29.3 Å². The lowest BCUT2D eigenvalue weighted by atomic mass is 10.1. The second-order valence-corrected chi connectivity index (χ2v) is 9.44. The number of carbonyl (C=O) groups is 2. The Hall–Kier alpha value is -3.51. The van der Waals surface area contributed by atoms with Crippen LogP contribution in [0.15, 0.2) is 48.5 Å². The standard InChI is InChI=1S/C28H33FN2O8/c29-21-7-5-20(6-8-21)28(36)31-13-12-30(11-1-2-14-37-17-23(33)27(35)22(32)16-31)26(34)10-4-19-3-9-24-25(15-19)39-18-38-24/h3-10,15,22-23,27,32-33,35H,1-2,11-14,16-18H2/b10-4+/t22-,23+,27+/m0/s1. The van der Waals surface area contributed by atoms with E-state index in [-0.39, 0.29) is 44.5 Å². The van der Waals surface area contributed by atoms with E-state index >= 15 is 0 Å². The van der Waals surface area contributed by atoms with Gasteiger partial charge in [-0.05, 0) is 60.9 Å². The van der Waals surface area contributed by atoms with Crippen molar-refractivity contribution in [3.8, 4) is 11.5 Å². The molecule has 2 aromatic rings. The Morgan fingerprint density at radius 2 is 1.64 bits per heavy atom. The Morgan fingerprint density at radius 3 is 2.44 bits per heavy atom. The SMILES string of the molecule is O=C(/C=C/c1ccc2c(c1)OCO2)N1CCCCOC[C@@H](O)[C@H](O)[C@@H](O)CN(C(=O)c2ccc(F)cc2)CC1. The molecule has 0 unspecified atom stereocenters. The fourth-order valence-corrected chi connectivity index (χ4v) is 4.31. The lowest BCUT2D eigenvalue weighted by Crippen LogP contribution is -2.49. The second kappa shape index (κ2) is 13.5. The van der Waals surface area contributed by atoms with Crippen molar-refractivity contribution in [2.75, 3.05) is 46.2 Å². The van der Waals surface area contributed by atoms with E-state index in [0.717, 1.165) is 17.7 Å². The Kier molecular flexibility index (Phi) is 9.88. The number of β-amino-alcohol motifs (C(OH)–C–C–N with tert-alkyl or cyclic N) is 1. The van der Waals surface area contributed by atoms with Gasteiger partial charge in [-0.3, -0.25) is 9.59 Å². The molecule has 0 radical (unpaired) electrons. The van der Waals surface area contributed by atoms with Crippen molar-refractivity contribution in [3.63, 3.8) is 0 Å². The highest BCUT2D eigenvalue weighted by Crippen LogP contribution is 2.32. The minimum atomic E-state index is -1.56. The zero-order chi connectivity index (χ0) is 27.8. The number of aliphatic hydroxyl groups is 3. The van der Waals surface area contributed by atoms with Crippen LogP contribution < -0.4 is 9.47 Å². The molecule has 2 heterocycles. The first-order chi connectivity index (χ1) is 18.8. The molecule has 1 saturated heterocycles. The molecule has 11 heteroatoms. The highest BCUT2D eigenvalue weighted by Gasteiger charge is 2.29. The number of carbonyl (C=O) groups excluding carboxylic acids is 2. The number of hydrogen-bond acceptors (Lipinski definition) is 8. The van der Waals surface area contributed by atoms with Gasteiger partial charge in [0.05, 0.1) is 6.61 Å². The average Bonchev–Trinajstić information content (AvgIpc) is 3.41. The minimum Gasteiger partial charge on any atom is -0.454 e. The van der Waals surface area contributed by atoms with Crippen LogP contribution in [-0.2, 0) is 9.53 Å². The molecule has 3 atom stereocenters. The smallest absolute Gasteiger partial charge is 0.254 e. The first-order valence-corrected chi connectivity index (χ1v) is 12.9. The molecule has 0 saturated carbocycles. The van der Waals surface area contributed by atoms with Gasteiger partial charge in [-0.2, -0.15) is 0 Å². The predicted molar refractivity (Wildman–Crippen MR) is 139 cm³/mol. The van der Waals surface area contributed by atoms with Crippen molar-refractivity contribution in [1.29, 1.82) is 0 Å². The Bertz CT molecular complexity index is 1160. The zero-order valence-electron chi connectivity index (χ0n) is 21.4. The third kappa shape index (κ3) is 7.76. The van der Waals surface area contributed by atoms with E-state index in [1.54, 1.807) is 23.1 Å². The monoisotopic (exact) mass is 544 g/mol. The molecule has 2 aromatic carbocycles. The highest BCUT2D eigenvalue weighted by molar-refractivity contribution is 5.94. The highest BCUT2D eigenvalue weighted by atomic mass is 19.1. The van der Waals surface area contributed by atoms with E-state index in [0.29, 0.717) is 37.5 Å². The van der Waals surface area contributed by atoms with Crippen molar-refractivity contribution < 1.29 is 43.5 Å². The molecule has 0 aromatic heterocycles. The molecule has 0 spiro atoms. The van der Waals surface area contributed by atoms with Gasteiger partial charge in [-0.1, -0.05) is 6.07 Å². The van der Waals surface area contributed by atoms with Crippen LogP contribution in [0.1, 0.15) is 28.8 Å². The van der Waals surface area contributed by atoms with Gasteiger partial charge in [0.25, 0.3) is 5.91 Å². The summed E-state index contributed by atoms with van der Waals surface area (Å²) in [5.74, 6) is -0.0460. The summed E-state index contributed by atoms with van der Waals surface area (Å²) in [6.45, 7) is 0.523. The Morgan fingerprint density at radius 1 is 0.897 bits per heavy atom. The average molecular weight is 545 g/mol. The number of nitrogens with zero attached hydrogens (tertiary/aromatic N) is 2. The number of ether oxygens (including phenoxy) is 3. The van der Waals surface area contributed by atoms with Gasteiger partial charge in [-0.15, -0.1) is 0 Å². The maximum absolute atomic E-state index is 13.4. The van der Waals surface area contributed by atoms with Crippen molar-refractivity contribution in [3.05, 3.63) is 65.5 Å². The molecular weight excluding hydrogens is 511 g/mol. The summed E-state index contributed by atoms with van der Waals surface area (Å²) in [4.78, 5) is 29.3. The lowest BCUT2D eigenvalue weighted by molar-refractivity contribution is -0.126. The van der Waals surface area contributed by atoms with E-state index < -0.39 is 30.0 Å². The van der Waals surface area contributed by atoms with Gasteiger partial charge in [0, 0.05) is 44.4 Å². The summed E-state index contributed by atoms with van der Waals surface area (Å²) in [5, 5.41) is 31.2. The number of benzene rings is 2. The van der Waals surface area contributed by atoms with Crippen LogP contribution in [0.25, 0.3) is 6.08 Å². The van der Waals surface area contributed by atoms with Gasteiger partial charge >= 0.3 is 0 Å². The molecule has 0 aliphatic carbocycles. The zero-order valence-corrected chi connectivity index (χ0v) is 21.4. The van der Waals surface area contributed by atoms with Crippen LogP contribution in [-0.4, -0.2) is 101 Å². The van der Waals surface area contributed by atoms with Gasteiger partial charge < -0.3 is 39.3 Å². The normalized spacial score (nSPS) is 23.0. The van der Waals surface area contributed by atoms with Crippen molar-refractivity contribution in [2.24, 2.45) is 0 Å². The van der Waals surface area contributed by atoms with Crippen molar-refractivity contribution in [1.82, 2.24) is 9.80 Å². The van der Waals surface area contributed by atoms with Gasteiger partial charge in [-0.25, -0.2) is 4.39 Å². The Balaban J connectivity index is 1.51. The van der Waals surface area contributed by atoms with E-state index in [1.165, 1.54) is 23.1 Å². The number of fused-ring (bicyclic) bond motifs is 1. The van der Waals surface area contributed by atoms with E-state index in [1.807, 2.05) is 6.07 Å². The van der Waals surface area contributed by atoms with Crippen LogP contribution in [0.2, 0.25) is 0 Å². The number of hydrogen-bond donors (Lipinski definition) is 3. The molecular formula is C28H33FN2O8. The quantitative estimate of drug-likeness (QED) is 0.495. The first kappa shape index (κ1) is 28.5. The van der Waals surface area contributed by atoms with Crippen molar-refractivity contribution in [2.45, 2.75) is 31.2 Å². The van der Waals surface area contributed by atoms with E-state index in [4.69, 9.17) is 14.2 Å². The fourth-order valence-electron chi connectivity index (χ4n) is 4.31. The van der Waals surface area contributed by atoms with Crippen molar-refractivity contribution >= 4 is 17.9 Å². The summed E-state index contributed by atoms with van der Waals surface area (Å²) in [7, 11) is 0. The van der Waals surface area contributed by atoms with Gasteiger partial charge in [0.2, 0.25) is 12.7 Å². The van der Waals surface area contributed by atoms with Crippen LogP contribution in [0.3, 0.4) is 0 Å². The molecule has 1 fully saturated rings. The Labute approximate surface area is 225 Å². The van der Waals surface area contributed by atoms with Crippen LogP contribution in [0.4, 0.5) is 4.39 Å². The molecule has 0 bridgehead atoms. The number of rotatable bonds is 3. The molecule has 2 aliphatic heterocycles. The number of halogens is 1. The topological polar surface area (TPSA) is 129 Å². The number of amides is 2. The van der Waals surface area contributed by atoms with Crippen LogP contribution in [0.5, 0.6) is 11.5 Å². The molecule has 2 amide bonds. The third-order valence-electron chi connectivity index (χ3n) is 6.60. The summed E-state index contributed by atoms with van der Waals surface area (Å²) in [6, 6.07) is 10.3. The molecule has 4 rings (SSSR count). The molecule has 39 heavy (non-hydrogen) atoms. The summed E-state index contributed by atoms with van der Waals surface area (Å²) < 4.78 is 29.5. The van der Waals surface area contributed by atoms with E-state index in [2.05, 4.69) is 0 Å². The summed E-state index contributed by atoms with van der Waals surface area (Å²) >= 11 is 0. The second-order valence-electron chi connectivity index (χ2n) is 9.44. The lowest BCUT2D eigenvalue weighted by Gasteiger charge is -2.32. The third-order valence-corrected chi connectivity index (χ3v) is 6.60. The maximum atomic E-state index is 13.4. The molecule has 2 aliphatic rings. The largest absolute Gasteiger partial charge is 0.454 e. The molecule has 3 N–H and O–H groups in total. The number of aliphatic hydroxyl groups excluding tert-OH is 3. The van der Waals surface area contributed by atoms with Gasteiger partial charge in [0.15, 0.2) is 11.5 Å². The maximum Gasteiger partial charge on any atom is 0.254 e. The van der Waals surface area contributed by atoms with Crippen LogP contribution in [0, 0.1) is 5.82 Å². The minimum absolute atomic E-state index is 0.0379. The summed E-state index contributed by atoms with van der Waals surface area (Å²) in [6.07, 6.45) is -0.0643. The molecule has 10 nitrogen and oxygen atoms in total. The predicted octanol–water partition coefficient (Wildman–Crippen LogP) is 1.43. The summed E-state index contributed by atoms with van der Waals surface area (Å²) in [5.41, 5.74) is 0.940. The van der Waals surface area contributed by atoms with Crippen LogP contribution >= 0.6 is 0 Å².